The van der Waals surface area contributed by atoms with Crippen molar-refractivity contribution in [2.24, 2.45) is 0 Å². The Kier molecular flexibility index (Phi) is 5.35. The Morgan fingerprint density at radius 1 is 1.21 bits per heavy atom. The molecule has 1 heterocycles. The minimum atomic E-state index is -0.187. The Morgan fingerprint density at radius 2 is 1.95 bits per heavy atom. The van der Waals surface area contributed by atoms with Gasteiger partial charge in [0.15, 0.2) is 0 Å². The summed E-state index contributed by atoms with van der Waals surface area (Å²) >= 11 is 15.2. The standard InChI is InChI=1S/C14H13Br2ClOS/c1-8(2)18-10-5-3-4-9(6-10)13(17)11-7-12(15)19-14(11)16/h3-8,13H,1-2H3. The van der Waals surface area contributed by atoms with E-state index < -0.39 is 0 Å². The SMILES string of the molecule is CC(C)Oc1cccc(C(Cl)c2cc(Br)sc2Br)c1. The van der Waals surface area contributed by atoms with Gasteiger partial charge in [-0.05, 0) is 69.5 Å². The van der Waals surface area contributed by atoms with E-state index in [4.69, 9.17) is 16.3 Å². The number of hydrogen-bond acceptors (Lipinski definition) is 2. The van der Waals surface area contributed by atoms with Crippen LogP contribution in [0.3, 0.4) is 0 Å². The highest BCUT2D eigenvalue weighted by Crippen LogP contribution is 2.41. The van der Waals surface area contributed by atoms with Crippen LogP contribution in [0.4, 0.5) is 0 Å². The molecule has 1 nitrogen and oxygen atoms in total. The summed E-state index contributed by atoms with van der Waals surface area (Å²) in [5.41, 5.74) is 2.10. The number of ether oxygens (including phenoxy) is 1. The lowest BCUT2D eigenvalue weighted by atomic mass is 10.1. The summed E-state index contributed by atoms with van der Waals surface area (Å²) in [7, 11) is 0. The van der Waals surface area contributed by atoms with E-state index in [9.17, 15) is 0 Å². The van der Waals surface area contributed by atoms with E-state index in [0.717, 1.165) is 24.4 Å². The van der Waals surface area contributed by atoms with Crippen LogP contribution in [0.2, 0.25) is 0 Å². The van der Waals surface area contributed by atoms with Crippen molar-refractivity contribution < 1.29 is 4.74 Å². The highest BCUT2D eigenvalue weighted by molar-refractivity contribution is 9.12. The molecule has 2 aromatic rings. The molecule has 0 amide bonds. The van der Waals surface area contributed by atoms with Crippen LogP contribution >= 0.6 is 54.8 Å². The van der Waals surface area contributed by atoms with Crippen molar-refractivity contribution in [3.8, 4) is 5.75 Å². The van der Waals surface area contributed by atoms with E-state index in [-0.39, 0.29) is 11.5 Å². The number of benzene rings is 1. The van der Waals surface area contributed by atoms with Gasteiger partial charge in [0.05, 0.1) is 19.1 Å². The zero-order chi connectivity index (χ0) is 14.0. The summed E-state index contributed by atoms with van der Waals surface area (Å²) in [5.74, 6) is 0.851. The third-order valence-corrected chi connectivity index (χ3v) is 5.35. The number of halogens is 3. The molecule has 0 N–H and O–H groups in total. The summed E-state index contributed by atoms with van der Waals surface area (Å²) in [6.07, 6.45) is 0.158. The van der Waals surface area contributed by atoms with Crippen molar-refractivity contribution in [3.63, 3.8) is 0 Å². The molecule has 0 saturated heterocycles. The first-order valence-electron chi connectivity index (χ1n) is 5.83. The lowest BCUT2D eigenvalue weighted by molar-refractivity contribution is 0.242. The molecule has 0 aliphatic rings. The van der Waals surface area contributed by atoms with Crippen LogP contribution in [-0.4, -0.2) is 6.10 Å². The molecular weight excluding hydrogens is 411 g/mol. The van der Waals surface area contributed by atoms with Crippen LogP contribution in [0.5, 0.6) is 5.75 Å². The molecule has 1 aromatic heterocycles. The predicted octanol–water partition coefficient (Wildman–Crippen LogP) is 6.39. The van der Waals surface area contributed by atoms with Gasteiger partial charge in [0.25, 0.3) is 0 Å². The Labute approximate surface area is 139 Å². The van der Waals surface area contributed by atoms with Gasteiger partial charge in [-0.1, -0.05) is 12.1 Å². The van der Waals surface area contributed by atoms with Crippen molar-refractivity contribution in [2.75, 3.05) is 0 Å². The Balaban J connectivity index is 2.28. The maximum Gasteiger partial charge on any atom is 0.120 e. The van der Waals surface area contributed by atoms with E-state index in [1.165, 1.54) is 0 Å². The number of hydrogen-bond donors (Lipinski definition) is 0. The molecule has 1 aromatic carbocycles. The smallest absolute Gasteiger partial charge is 0.120 e. The maximum absolute atomic E-state index is 6.56. The second kappa shape index (κ2) is 6.61. The van der Waals surface area contributed by atoms with Gasteiger partial charge in [0.1, 0.15) is 5.75 Å². The van der Waals surface area contributed by atoms with Gasteiger partial charge in [-0.25, -0.2) is 0 Å². The topological polar surface area (TPSA) is 9.23 Å². The average molecular weight is 425 g/mol. The molecule has 0 aliphatic carbocycles. The first-order chi connectivity index (χ1) is 8.97. The van der Waals surface area contributed by atoms with Crippen LogP contribution in [0.25, 0.3) is 0 Å². The minimum absolute atomic E-state index is 0.158. The number of rotatable bonds is 4. The lowest BCUT2D eigenvalue weighted by Crippen LogP contribution is -2.05. The molecule has 0 radical (unpaired) electrons. The predicted molar refractivity (Wildman–Crippen MR) is 89.6 cm³/mol. The first kappa shape index (κ1) is 15.4. The van der Waals surface area contributed by atoms with Crippen LogP contribution in [0.15, 0.2) is 37.9 Å². The van der Waals surface area contributed by atoms with E-state index in [1.54, 1.807) is 11.3 Å². The zero-order valence-electron chi connectivity index (χ0n) is 10.5. The van der Waals surface area contributed by atoms with Crippen LogP contribution in [0, 0.1) is 0 Å². The average Bonchev–Trinajstić information content (AvgIpc) is 2.67. The van der Waals surface area contributed by atoms with Crippen molar-refractivity contribution in [1.29, 1.82) is 0 Å². The largest absolute Gasteiger partial charge is 0.491 e. The molecular formula is C14H13Br2ClOS. The molecule has 0 saturated carbocycles. The summed E-state index contributed by atoms with van der Waals surface area (Å²) in [4.78, 5) is 0. The fourth-order valence-corrected chi connectivity index (χ4v) is 5.13. The fourth-order valence-electron chi connectivity index (χ4n) is 1.72. The van der Waals surface area contributed by atoms with E-state index in [1.807, 2.05) is 44.2 Å². The fraction of sp³-hybridized carbons (Fsp3) is 0.286. The van der Waals surface area contributed by atoms with Gasteiger partial charge < -0.3 is 4.74 Å². The highest BCUT2D eigenvalue weighted by Gasteiger charge is 2.17. The van der Waals surface area contributed by atoms with Crippen molar-refractivity contribution in [1.82, 2.24) is 0 Å². The lowest BCUT2D eigenvalue weighted by Gasteiger charge is -2.13. The molecule has 0 spiro atoms. The molecule has 2 rings (SSSR count). The van der Waals surface area contributed by atoms with E-state index >= 15 is 0 Å². The van der Waals surface area contributed by atoms with Crippen LogP contribution < -0.4 is 4.74 Å². The van der Waals surface area contributed by atoms with E-state index in [2.05, 4.69) is 31.9 Å². The second-order valence-corrected chi connectivity index (χ2v) is 8.57. The Hall–Kier alpha value is -0.0300. The molecule has 1 unspecified atom stereocenters. The highest BCUT2D eigenvalue weighted by atomic mass is 79.9. The van der Waals surface area contributed by atoms with Crippen molar-refractivity contribution >= 4 is 54.8 Å². The van der Waals surface area contributed by atoms with Gasteiger partial charge in [-0.2, -0.15) is 0 Å². The Bertz CT molecular complexity index is 568. The normalized spacial score (nSPS) is 12.7. The van der Waals surface area contributed by atoms with Gasteiger partial charge in [-0.3, -0.25) is 0 Å². The maximum atomic E-state index is 6.56. The number of thiophene rings is 1. The minimum Gasteiger partial charge on any atom is -0.491 e. The molecule has 0 bridgehead atoms. The molecule has 1 atom stereocenters. The molecule has 19 heavy (non-hydrogen) atoms. The third kappa shape index (κ3) is 3.97. The summed E-state index contributed by atoms with van der Waals surface area (Å²) in [5, 5.41) is -0.187. The summed E-state index contributed by atoms with van der Waals surface area (Å²) < 4.78 is 7.81. The molecule has 0 aliphatic heterocycles. The van der Waals surface area contributed by atoms with Crippen molar-refractivity contribution in [3.05, 3.63) is 49.0 Å². The van der Waals surface area contributed by atoms with Crippen molar-refractivity contribution in [2.45, 2.75) is 25.3 Å². The van der Waals surface area contributed by atoms with Crippen LogP contribution in [0.1, 0.15) is 30.4 Å². The first-order valence-corrected chi connectivity index (χ1v) is 8.66. The number of alkyl halides is 1. The Morgan fingerprint density at radius 3 is 2.53 bits per heavy atom. The quantitative estimate of drug-likeness (QED) is 0.517. The third-order valence-electron chi connectivity index (χ3n) is 2.48. The molecule has 102 valence electrons. The second-order valence-electron chi connectivity index (χ2n) is 4.38. The van der Waals surface area contributed by atoms with E-state index in [0.29, 0.717) is 0 Å². The van der Waals surface area contributed by atoms with Gasteiger partial charge in [0.2, 0.25) is 0 Å². The molecule has 5 heteroatoms. The summed E-state index contributed by atoms with van der Waals surface area (Å²) in [6, 6.07) is 9.98. The summed E-state index contributed by atoms with van der Waals surface area (Å²) in [6.45, 7) is 4.02. The zero-order valence-corrected chi connectivity index (χ0v) is 15.2. The van der Waals surface area contributed by atoms with Crippen LogP contribution in [-0.2, 0) is 0 Å². The van der Waals surface area contributed by atoms with Gasteiger partial charge in [-0.15, -0.1) is 22.9 Å². The van der Waals surface area contributed by atoms with Gasteiger partial charge >= 0.3 is 0 Å². The monoisotopic (exact) mass is 422 g/mol. The van der Waals surface area contributed by atoms with Gasteiger partial charge in [0, 0.05) is 5.56 Å². The molecule has 0 fully saturated rings.